The number of aryl methyl sites for hydroxylation is 1. The van der Waals surface area contributed by atoms with Gasteiger partial charge in [0.2, 0.25) is 0 Å². The summed E-state index contributed by atoms with van der Waals surface area (Å²) in [6.45, 7) is 9.21. The molecule has 0 amide bonds. The molecule has 1 N–H and O–H groups in total. The molecule has 0 aliphatic carbocycles. The summed E-state index contributed by atoms with van der Waals surface area (Å²) in [6, 6.07) is 9.38. The van der Waals surface area contributed by atoms with Gasteiger partial charge in [0.25, 0.3) is 0 Å². The quantitative estimate of drug-likeness (QED) is 0.878. The third-order valence-corrected chi connectivity index (χ3v) is 4.11. The molecule has 0 spiro atoms. The molecule has 2 rings (SSSR count). The summed E-state index contributed by atoms with van der Waals surface area (Å²) in [6.07, 6.45) is 3.95. The van der Waals surface area contributed by atoms with Gasteiger partial charge in [0.05, 0.1) is 0 Å². The van der Waals surface area contributed by atoms with E-state index >= 15 is 0 Å². The molecule has 18 heavy (non-hydrogen) atoms. The topological polar surface area (TPSA) is 15.3 Å². The third-order valence-electron chi connectivity index (χ3n) is 4.11. The van der Waals surface area contributed by atoms with E-state index < -0.39 is 0 Å². The summed E-state index contributed by atoms with van der Waals surface area (Å²) in [5.74, 6) is 0. The Morgan fingerprint density at radius 3 is 2.83 bits per heavy atom. The molecule has 1 atom stereocenters. The fourth-order valence-electron chi connectivity index (χ4n) is 2.74. The molecule has 1 aliphatic rings. The van der Waals surface area contributed by atoms with Crippen LogP contribution in [0.5, 0.6) is 0 Å². The first-order chi connectivity index (χ1) is 8.79. The van der Waals surface area contributed by atoms with Crippen molar-refractivity contribution in [3.63, 3.8) is 0 Å². The summed E-state index contributed by atoms with van der Waals surface area (Å²) in [7, 11) is 0. The van der Waals surface area contributed by atoms with Crippen molar-refractivity contribution in [2.45, 2.75) is 45.7 Å². The molecule has 1 aliphatic heterocycles. The highest BCUT2D eigenvalue weighted by Crippen LogP contribution is 2.13. The first kappa shape index (κ1) is 13.6. The Kier molecular flexibility index (Phi) is 5.21. The van der Waals surface area contributed by atoms with Crippen LogP contribution < -0.4 is 5.32 Å². The predicted octanol–water partition coefficient (Wildman–Crippen LogP) is 2.96. The van der Waals surface area contributed by atoms with Gasteiger partial charge in [0.15, 0.2) is 0 Å². The Morgan fingerprint density at radius 1 is 1.22 bits per heavy atom. The van der Waals surface area contributed by atoms with E-state index in [2.05, 4.69) is 48.3 Å². The fourth-order valence-corrected chi connectivity index (χ4v) is 2.74. The highest BCUT2D eigenvalue weighted by atomic mass is 15.1. The molecule has 1 heterocycles. The van der Waals surface area contributed by atoms with Gasteiger partial charge in [-0.05, 0) is 56.9 Å². The molecule has 0 bridgehead atoms. The van der Waals surface area contributed by atoms with E-state index in [0.29, 0.717) is 6.04 Å². The van der Waals surface area contributed by atoms with Crippen molar-refractivity contribution in [1.82, 2.24) is 10.2 Å². The molecule has 1 aromatic carbocycles. The zero-order valence-corrected chi connectivity index (χ0v) is 11.8. The lowest BCUT2D eigenvalue weighted by molar-refractivity contribution is 0.297. The summed E-state index contributed by atoms with van der Waals surface area (Å²) in [4.78, 5) is 2.56. The van der Waals surface area contributed by atoms with Crippen LogP contribution in [0.3, 0.4) is 0 Å². The molecule has 0 saturated carbocycles. The van der Waals surface area contributed by atoms with Gasteiger partial charge in [-0.3, -0.25) is 0 Å². The maximum Gasteiger partial charge on any atom is 0.0210 e. The van der Waals surface area contributed by atoms with Crippen LogP contribution in [-0.4, -0.2) is 30.6 Å². The van der Waals surface area contributed by atoms with E-state index in [-0.39, 0.29) is 0 Å². The highest BCUT2D eigenvalue weighted by Gasteiger charge is 2.15. The molecular formula is C16H26N2. The van der Waals surface area contributed by atoms with E-state index in [4.69, 9.17) is 0 Å². The number of benzene rings is 1. The van der Waals surface area contributed by atoms with E-state index in [1.165, 1.54) is 50.0 Å². The number of likely N-dealkylation sites (tertiary alicyclic amines) is 1. The average Bonchev–Trinajstić information content (AvgIpc) is 2.63. The van der Waals surface area contributed by atoms with Crippen LogP contribution in [-0.2, 0) is 6.54 Å². The first-order valence-corrected chi connectivity index (χ1v) is 7.30. The van der Waals surface area contributed by atoms with Crippen molar-refractivity contribution in [1.29, 1.82) is 0 Å². The van der Waals surface area contributed by atoms with Gasteiger partial charge in [-0.25, -0.2) is 0 Å². The van der Waals surface area contributed by atoms with Crippen LogP contribution in [0.15, 0.2) is 24.3 Å². The minimum Gasteiger partial charge on any atom is -0.310 e. The zero-order valence-electron chi connectivity index (χ0n) is 11.8. The molecule has 100 valence electrons. The second-order valence-corrected chi connectivity index (χ2v) is 5.37. The lowest BCUT2D eigenvalue weighted by Gasteiger charge is -2.19. The number of hydrogen-bond donors (Lipinski definition) is 1. The first-order valence-electron chi connectivity index (χ1n) is 7.30. The summed E-state index contributed by atoms with van der Waals surface area (Å²) < 4.78 is 0. The van der Waals surface area contributed by atoms with Crippen LogP contribution >= 0.6 is 0 Å². The third kappa shape index (κ3) is 3.82. The van der Waals surface area contributed by atoms with Crippen LogP contribution in [0.4, 0.5) is 0 Å². The van der Waals surface area contributed by atoms with Gasteiger partial charge in [0, 0.05) is 12.6 Å². The number of nitrogens with zero attached hydrogens (tertiary/aromatic N) is 1. The molecule has 1 aromatic rings. The Hall–Kier alpha value is -0.860. The molecule has 0 aromatic heterocycles. The smallest absolute Gasteiger partial charge is 0.0210 e. The maximum absolute atomic E-state index is 3.74. The summed E-state index contributed by atoms with van der Waals surface area (Å²) in [5.41, 5.74) is 2.84. The standard InChI is InChI=1S/C16H26N2/c1-3-18-11-6-9-16(10-12-18)17-13-15-8-5-4-7-14(15)2/h4-5,7-8,16-17H,3,6,9-13H2,1-2H3. The minimum absolute atomic E-state index is 0.696. The Bertz CT molecular complexity index is 362. The van der Waals surface area contributed by atoms with Crippen molar-refractivity contribution < 1.29 is 0 Å². The molecule has 1 unspecified atom stereocenters. The van der Waals surface area contributed by atoms with E-state index in [0.717, 1.165) is 6.54 Å². The molecular weight excluding hydrogens is 220 g/mol. The van der Waals surface area contributed by atoms with Gasteiger partial charge in [-0.1, -0.05) is 31.2 Å². The van der Waals surface area contributed by atoms with Gasteiger partial charge in [-0.2, -0.15) is 0 Å². The van der Waals surface area contributed by atoms with Gasteiger partial charge in [0.1, 0.15) is 0 Å². The van der Waals surface area contributed by atoms with Crippen LogP contribution in [0.2, 0.25) is 0 Å². The molecule has 1 fully saturated rings. The van der Waals surface area contributed by atoms with Gasteiger partial charge in [-0.15, -0.1) is 0 Å². The molecule has 2 nitrogen and oxygen atoms in total. The lowest BCUT2D eigenvalue weighted by Crippen LogP contribution is -2.30. The Balaban J connectivity index is 1.82. The minimum atomic E-state index is 0.696. The molecule has 2 heteroatoms. The van der Waals surface area contributed by atoms with Crippen molar-refractivity contribution in [3.8, 4) is 0 Å². The van der Waals surface area contributed by atoms with Crippen LogP contribution in [0.1, 0.15) is 37.3 Å². The highest BCUT2D eigenvalue weighted by molar-refractivity contribution is 5.25. The van der Waals surface area contributed by atoms with E-state index in [1.807, 2.05) is 0 Å². The monoisotopic (exact) mass is 246 g/mol. The summed E-state index contributed by atoms with van der Waals surface area (Å²) in [5, 5.41) is 3.74. The van der Waals surface area contributed by atoms with Crippen LogP contribution in [0, 0.1) is 6.92 Å². The van der Waals surface area contributed by atoms with Gasteiger partial charge >= 0.3 is 0 Å². The SMILES string of the molecule is CCN1CCCC(NCc2ccccc2C)CC1. The van der Waals surface area contributed by atoms with Crippen molar-refractivity contribution in [3.05, 3.63) is 35.4 Å². The Labute approximate surface area is 111 Å². The van der Waals surface area contributed by atoms with Crippen molar-refractivity contribution in [2.24, 2.45) is 0 Å². The van der Waals surface area contributed by atoms with E-state index in [1.54, 1.807) is 0 Å². The fraction of sp³-hybridized carbons (Fsp3) is 0.625. The second-order valence-electron chi connectivity index (χ2n) is 5.37. The second kappa shape index (κ2) is 6.91. The van der Waals surface area contributed by atoms with Gasteiger partial charge < -0.3 is 10.2 Å². The van der Waals surface area contributed by atoms with Crippen molar-refractivity contribution >= 4 is 0 Å². The Morgan fingerprint density at radius 2 is 2.06 bits per heavy atom. The number of nitrogens with one attached hydrogen (secondary N) is 1. The number of hydrogen-bond acceptors (Lipinski definition) is 2. The largest absolute Gasteiger partial charge is 0.310 e. The summed E-state index contributed by atoms with van der Waals surface area (Å²) >= 11 is 0. The molecule has 0 radical (unpaired) electrons. The lowest BCUT2D eigenvalue weighted by atomic mass is 10.1. The molecule has 1 saturated heterocycles. The zero-order chi connectivity index (χ0) is 12.8. The van der Waals surface area contributed by atoms with E-state index in [9.17, 15) is 0 Å². The normalized spacial score (nSPS) is 21.8. The number of rotatable bonds is 4. The maximum atomic E-state index is 3.74. The predicted molar refractivity (Wildman–Crippen MR) is 77.8 cm³/mol. The van der Waals surface area contributed by atoms with Crippen molar-refractivity contribution in [2.75, 3.05) is 19.6 Å². The van der Waals surface area contributed by atoms with Crippen LogP contribution in [0.25, 0.3) is 0 Å². The average molecular weight is 246 g/mol.